The van der Waals surface area contributed by atoms with Crippen molar-refractivity contribution in [1.82, 2.24) is 9.62 Å². The third-order valence-electron chi connectivity index (χ3n) is 3.83. The molecule has 0 aromatic heterocycles. The molecule has 1 aromatic carbocycles. The van der Waals surface area contributed by atoms with Gasteiger partial charge < -0.3 is 16.0 Å². The van der Waals surface area contributed by atoms with E-state index < -0.39 is 10.0 Å². The van der Waals surface area contributed by atoms with Crippen LogP contribution in [-0.2, 0) is 14.8 Å². The fourth-order valence-corrected chi connectivity index (χ4v) is 3.38. The molecule has 1 amide bonds. The molecule has 0 saturated carbocycles. The Morgan fingerprint density at radius 1 is 1.35 bits per heavy atom. The molecular formula is C15H24N4O3S. The Morgan fingerprint density at radius 2 is 2.09 bits per heavy atom. The summed E-state index contributed by atoms with van der Waals surface area (Å²) >= 11 is 0. The first-order chi connectivity index (χ1) is 10.9. The molecule has 1 saturated heterocycles. The molecular weight excluding hydrogens is 316 g/mol. The lowest BCUT2D eigenvalue weighted by Gasteiger charge is -2.17. The van der Waals surface area contributed by atoms with Crippen LogP contribution in [0, 0.1) is 5.92 Å². The summed E-state index contributed by atoms with van der Waals surface area (Å²) in [6.07, 6.45) is 0.790. The molecule has 1 heterocycles. The van der Waals surface area contributed by atoms with E-state index in [9.17, 15) is 13.2 Å². The van der Waals surface area contributed by atoms with Crippen LogP contribution in [0.3, 0.4) is 0 Å². The van der Waals surface area contributed by atoms with E-state index in [-0.39, 0.29) is 16.7 Å². The molecule has 8 heteroatoms. The van der Waals surface area contributed by atoms with E-state index in [1.807, 2.05) is 6.92 Å². The topological polar surface area (TPSA) is 90.5 Å². The van der Waals surface area contributed by atoms with E-state index in [0.29, 0.717) is 24.5 Å². The summed E-state index contributed by atoms with van der Waals surface area (Å²) < 4.78 is 25.7. The number of nitrogens with one attached hydrogen (secondary N) is 3. The minimum absolute atomic E-state index is 0.0846. The Labute approximate surface area is 137 Å². The van der Waals surface area contributed by atoms with E-state index in [4.69, 9.17) is 0 Å². The molecule has 3 N–H and O–H groups in total. The summed E-state index contributed by atoms with van der Waals surface area (Å²) in [6.45, 7) is 4.09. The van der Waals surface area contributed by atoms with Gasteiger partial charge in [-0.2, -0.15) is 0 Å². The smallest absolute Gasteiger partial charge is 0.242 e. The van der Waals surface area contributed by atoms with Crippen molar-refractivity contribution in [2.75, 3.05) is 44.4 Å². The van der Waals surface area contributed by atoms with Gasteiger partial charge >= 0.3 is 0 Å². The van der Waals surface area contributed by atoms with E-state index in [0.717, 1.165) is 17.3 Å². The molecule has 0 radical (unpaired) electrons. The van der Waals surface area contributed by atoms with Gasteiger partial charge in [-0.1, -0.05) is 0 Å². The largest absolute Gasteiger partial charge is 0.384 e. The van der Waals surface area contributed by atoms with Crippen molar-refractivity contribution in [3.8, 4) is 0 Å². The van der Waals surface area contributed by atoms with E-state index in [2.05, 4.69) is 16.0 Å². The number of amides is 1. The summed E-state index contributed by atoms with van der Waals surface area (Å²) in [4.78, 5) is 12.5. The zero-order chi connectivity index (χ0) is 17.0. The van der Waals surface area contributed by atoms with Crippen molar-refractivity contribution in [2.24, 2.45) is 5.92 Å². The van der Waals surface area contributed by atoms with Gasteiger partial charge in [-0.05, 0) is 38.1 Å². The normalized spacial score (nSPS) is 18.2. The first kappa shape index (κ1) is 17.7. The highest BCUT2D eigenvalue weighted by molar-refractivity contribution is 7.89. The quantitative estimate of drug-likeness (QED) is 0.716. The van der Waals surface area contributed by atoms with Crippen LogP contribution in [0.25, 0.3) is 0 Å². The van der Waals surface area contributed by atoms with Gasteiger partial charge in [0.25, 0.3) is 0 Å². The first-order valence-electron chi connectivity index (χ1n) is 7.68. The average Bonchev–Trinajstić information content (AvgIpc) is 3.03. The maximum atomic E-state index is 12.3. The fourth-order valence-electron chi connectivity index (χ4n) is 2.46. The SMILES string of the molecule is CCNc1ccc(S(=O)(=O)N(C)C)cc1NC(=O)C1CCNC1. The van der Waals surface area contributed by atoms with Crippen molar-refractivity contribution in [1.29, 1.82) is 0 Å². The van der Waals surface area contributed by atoms with Crippen LogP contribution < -0.4 is 16.0 Å². The summed E-state index contributed by atoms with van der Waals surface area (Å²) in [5.41, 5.74) is 1.20. The number of hydrogen-bond donors (Lipinski definition) is 3. The van der Waals surface area contributed by atoms with Crippen molar-refractivity contribution >= 4 is 27.3 Å². The standard InChI is InChI=1S/C15H24N4O3S/c1-4-17-13-6-5-12(23(21,22)19(2)3)9-14(13)18-15(20)11-7-8-16-10-11/h5-6,9,11,16-17H,4,7-8,10H2,1-3H3,(H,18,20). The minimum Gasteiger partial charge on any atom is -0.384 e. The number of nitrogens with zero attached hydrogens (tertiary/aromatic N) is 1. The van der Waals surface area contributed by atoms with Crippen LogP contribution in [0.5, 0.6) is 0 Å². The monoisotopic (exact) mass is 340 g/mol. The molecule has 2 rings (SSSR count). The first-order valence-corrected chi connectivity index (χ1v) is 9.12. The lowest BCUT2D eigenvalue weighted by atomic mass is 10.1. The predicted octanol–water partition coefficient (Wildman–Crippen LogP) is 0.917. The van der Waals surface area contributed by atoms with Gasteiger partial charge in [-0.25, -0.2) is 12.7 Å². The zero-order valence-corrected chi connectivity index (χ0v) is 14.5. The highest BCUT2D eigenvalue weighted by Gasteiger charge is 2.24. The Balaban J connectivity index is 2.32. The van der Waals surface area contributed by atoms with Crippen molar-refractivity contribution in [3.63, 3.8) is 0 Å². The number of hydrogen-bond acceptors (Lipinski definition) is 5. The van der Waals surface area contributed by atoms with E-state index in [1.54, 1.807) is 12.1 Å². The molecule has 0 aliphatic carbocycles. The molecule has 1 aliphatic rings. The maximum absolute atomic E-state index is 12.3. The second-order valence-corrected chi connectivity index (χ2v) is 7.86. The highest BCUT2D eigenvalue weighted by Crippen LogP contribution is 2.27. The van der Waals surface area contributed by atoms with Gasteiger partial charge in [0, 0.05) is 27.2 Å². The molecule has 1 aliphatic heterocycles. The Hall–Kier alpha value is -1.64. The van der Waals surface area contributed by atoms with Gasteiger partial charge in [-0.3, -0.25) is 4.79 Å². The molecule has 23 heavy (non-hydrogen) atoms. The average molecular weight is 340 g/mol. The van der Waals surface area contributed by atoms with Gasteiger partial charge in [0.05, 0.1) is 22.2 Å². The predicted molar refractivity (Wildman–Crippen MR) is 91.1 cm³/mol. The summed E-state index contributed by atoms with van der Waals surface area (Å²) in [5.74, 6) is -0.174. The van der Waals surface area contributed by atoms with Crippen LogP contribution in [0.1, 0.15) is 13.3 Å². The summed E-state index contributed by atoms with van der Waals surface area (Å²) in [6, 6.07) is 4.73. The summed E-state index contributed by atoms with van der Waals surface area (Å²) in [7, 11) is -0.580. The molecule has 1 fully saturated rings. The van der Waals surface area contributed by atoms with Crippen molar-refractivity contribution < 1.29 is 13.2 Å². The van der Waals surface area contributed by atoms with E-state index in [1.165, 1.54) is 20.2 Å². The van der Waals surface area contributed by atoms with Gasteiger partial charge in [0.15, 0.2) is 0 Å². The maximum Gasteiger partial charge on any atom is 0.242 e. The second kappa shape index (κ2) is 7.29. The lowest BCUT2D eigenvalue weighted by Crippen LogP contribution is -2.26. The van der Waals surface area contributed by atoms with Crippen LogP contribution in [-0.4, -0.2) is 52.4 Å². The number of carbonyl (C=O) groups is 1. The second-order valence-electron chi connectivity index (χ2n) is 5.70. The lowest BCUT2D eigenvalue weighted by molar-refractivity contribution is -0.119. The van der Waals surface area contributed by atoms with E-state index >= 15 is 0 Å². The van der Waals surface area contributed by atoms with Crippen LogP contribution in [0.15, 0.2) is 23.1 Å². The van der Waals surface area contributed by atoms with Crippen molar-refractivity contribution in [3.05, 3.63) is 18.2 Å². The molecule has 0 spiro atoms. The number of benzene rings is 1. The van der Waals surface area contributed by atoms with Crippen LogP contribution in [0.4, 0.5) is 11.4 Å². The minimum atomic E-state index is -3.54. The number of sulfonamides is 1. The molecule has 1 aromatic rings. The number of carbonyl (C=O) groups excluding carboxylic acids is 1. The Kier molecular flexibility index (Phi) is 5.61. The van der Waals surface area contributed by atoms with Crippen LogP contribution >= 0.6 is 0 Å². The Bertz CT molecular complexity index is 667. The molecule has 0 bridgehead atoms. The number of rotatable bonds is 6. The number of anilines is 2. The third-order valence-corrected chi connectivity index (χ3v) is 5.64. The molecule has 128 valence electrons. The van der Waals surface area contributed by atoms with Crippen molar-refractivity contribution in [2.45, 2.75) is 18.2 Å². The van der Waals surface area contributed by atoms with Gasteiger partial charge in [0.2, 0.25) is 15.9 Å². The third kappa shape index (κ3) is 4.01. The molecule has 1 atom stereocenters. The fraction of sp³-hybridized carbons (Fsp3) is 0.533. The van der Waals surface area contributed by atoms with Gasteiger partial charge in [0.1, 0.15) is 0 Å². The molecule has 7 nitrogen and oxygen atoms in total. The van der Waals surface area contributed by atoms with Gasteiger partial charge in [-0.15, -0.1) is 0 Å². The Morgan fingerprint density at radius 3 is 2.65 bits per heavy atom. The summed E-state index contributed by atoms with van der Waals surface area (Å²) in [5, 5.41) is 9.16. The highest BCUT2D eigenvalue weighted by atomic mass is 32.2. The van der Waals surface area contributed by atoms with Crippen LogP contribution in [0.2, 0.25) is 0 Å². The zero-order valence-electron chi connectivity index (χ0n) is 13.7. The molecule has 1 unspecified atom stereocenters.